The zero-order chi connectivity index (χ0) is 13.8. The number of hydrogen-bond acceptors (Lipinski definition) is 2. The molecular weight excluding hydrogens is 262 g/mol. The first kappa shape index (κ1) is 13.3. The van der Waals surface area contributed by atoms with Gasteiger partial charge < -0.3 is 5.32 Å². The number of rotatable bonds is 4. The van der Waals surface area contributed by atoms with E-state index in [0.29, 0.717) is 16.9 Å². The number of nitrogens with one attached hydrogen (secondary N) is 1. The summed E-state index contributed by atoms with van der Waals surface area (Å²) in [6, 6.07) is 2.96. The van der Waals surface area contributed by atoms with Gasteiger partial charge in [0.05, 0.1) is 0 Å². The van der Waals surface area contributed by atoms with Gasteiger partial charge in [0, 0.05) is 6.04 Å². The maximum atomic E-state index is 3.87. The fourth-order valence-corrected chi connectivity index (χ4v) is 7.15. The second kappa shape index (κ2) is 4.58. The summed E-state index contributed by atoms with van der Waals surface area (Å²) in [5.41, 5.74) is 2.76. The Bertz CT molecular complexity index is 464. The molecule has 5 rings (SSSR count). The topological polar surface area (TPSA) is 12.0 Å². The Morgan fingerprint density at radius 1 is 1.30 bits per heavy atom. The van der Waals surface area contributed by atoms with Gasteiger partial charge in [-0.25, -0.2) is 0 Å². The molecule has 3 atom stereocenters. The van der Waals surface area contributed by atoms with E-state index in [0.717, 1.165) is 18.4 Å². The van der Waals surface area contributed by atoms with Crippen LogP contribution in [-0.2, 0) is 0 Å². The summed E-state index contributed by atoms with van der Waals surface area (Å²) in [5, 5.41) is 8.50. The molecule has 0 radical (unpaired) electrons. The van der Waals surface area contributed by atoms with Crippen molar-refractivity contribution < 1.29 is 0 Å². The van der Waals surface area contributed by atoms with E-state index in [1.165, 1.54) is 38.5 Å². The summed E-state index contributed by atoms with van der Waals surface area (Å²) in [6.45, 7) is 5.94. The van der Waals surface area contributed by atoms with Crippen molar-refractivity contribution in [2.45, 2.75) is 58.4 Å². The van der Waals surface area contributed by atoms with Gasteiger partial charge in [0.15, 0.2) is 0 Å². The fraction of sp³-hybridized carbons (Fsp3) is 0.778. The lowest BCUT2D eigenvalue weighted by atomic mass is 9.43. The number of thiophene rings is 1. The van der Waals surface area contributed by atoms with Crippen LogP contribution in [-0.4, -0.2) is 6.54 Å². The first-order chi connectivity index (χ1) is 9.62. The molecule has 1 aromatic rings. The van der Waals surface area contributed by atoms with Crippen LogP contribution in [0.25, 0.3) is 0 Å². The first-order valence-electron chi connectivity index (χ1n) is 8.38. The Hall–Kier alpha value is -0.340. The summed E-state index contributed by atoms with van der Waals surface area (Å²) in [7, 11) is 0. The molecule has 4 bridgehead atoms. The highest BCUT2D eigenvalue weighted by atomic mass is 32.1. The van der Waals surface area contributed by atoms with Gasteiger partial charge >= 0.3 is 0 Å². The van der Waals surface area contributed by atoms with Crippen LogP contribution in [0.15, 0.2) is 16.8 Å². The lowest BCUT2D eigenvalue weighted by Gasteiger charge is -2.63. The quantitative estimate of drug-likeness (QED) is 0.822. The van der Waals surface area contributed by atoms with E-state index < -0.39 is 0 Å². The van der Waals surface area contributed by atoms with Crippen molar-refractivity contribution in [3.8, 4) is 0 Å². The van der Waals surface area contributed by atoms with Crippen LogP contribution in [0.3, 0.4) is 0 Å². The highest BCUT2D eigenvalue weighted by Crippen LogP contribution is 2.68. The molecule has 0 saturated heterocycles. The van der Waals surface area contributed by atoms with E-state index >= 15 is 0 Å². The maximum Gasteiger partial charge on any atom is 0.0385 e. The second-order valence-electron chi connectivity index (χ2n) is 8.18. The normalized spacial score (nSPS) is 43.9. The molecular formula is C18H27NS. The van der Waals surface area contributed by atoms with Gasteiger partial charge in [-0.15, -0.1) is 0 Å². The van der Waals surface area contributed by atoms with Gasteiger partial charge in [-0.1, -0.05) is 13.8 Å². The van der Waals surface area contributed by atoms with Crippen molar-refractivity contribution in [2.75, 3.05) is 6.54 Å². The largest absolute Gasteiger partial charge is 0.310 e. The molecule has 0 amide bonds. The molecule has 1 nitrogen and oxygen atoms in total. The smallest absolute Gasteiger partial charge is 0.0385 e. The van der Waals surface area contributed by atoms with Crippen LogP contribution in [0.2, 0.25) is 0 Å². The molecule has 20 heavy (non-hydrogen) atoms. The fourth-order valence-electron chi connectivity index (χ4n) is 6.47. The lowest BCUT2D eigenvalue weighted by molar-refractivity contribution is -0.119. The molecule has 3 unspecified atom stereocenters. The van der Waals surface area contributed by atoms with Gasteiger partial charge in [0.1, 0.15) is 0 Å². The molecule has 4 aliphatic rings. The average Bonchev–Trinajstić information content (AvgIpc) is 2.86. The van der Waals surface area contributed by atoms with Crippen molar-refractivity contribution in [3.05, 3.63) is 22.4 Å². The second-order valence-corrected chi connectivity index (χ2v) is 8.96. The van der Waals surface area contributed by atoms with Gasteiger partial charge in [-0.2, -0.15) is 11.3 Å². The zero-order valence-corrected chi connectivity index (χ0v) is 13.6. The Labute approximate surface area is 127 Å². The third-order valence-electron chi connectivity index (χ3n) is 6.30. The van der Waals surface area contributed by atoms with Crippen LogP contribution in [0.4, 0.5) is 0 Å². The van der Waals surface area contributed by atoms with E-state index in [1.54, 1.807) is 5.56 Å². The van der Waals surface area contributed by atoms with Gasteiger partial charge in [-0.3, -0.25) is 0 Å². The molecule has 4 saturated carbocycles. The standard InChI is InChI=1S/C18H27NS/c1-3-19-16(15-4-5-20-11-15)18-9-13-6-14(10-18)8-17(2,7-13)12-18/h4-5,11,13-14,16,19H,3,6-10,12H2,1-2H3. The minimum absolute atomic E-state index is 0.552. The SMILES string of the molecule is CCNC(c1ccsc1)C12CC3CC(CC(C)(C3)C1)C2. The molecule has 110 valence electrons. The predicted molar refractivity (Wildman–Crippen MR) is 86.0 cm³/mol. The summed E-state index contributed by atoms with van der Waals surface area (Å²) in [4.78, 5) is 0. The van der Waals surface area contributed by atoms with Crippen molar-refractivity contribution in [1.82, 2.24) is 5.32 Å². The molecule has 0 aromatic carbocycles. The van der Waals surface area contributed by atoms with Crippen molar-refractivity contribution in [3.63, 3.8) is 0 Å². The Balaban J connectivity index is 1.71. The van der Waals surface area contributed by atoms with Crippen molar-refractivity contribution >= 4 is 11.3 Å². The Morgan fingerprint density at radius 3 is 2.60 bits per heavy atom. The van der Waals surface area contributed by atoms with Crippen LogP contribution < -0.4 is 5.32 Å². The number of hydrogen-bond donors (Lipinski definition) is 1. The van der Waals surface area contributed by atoms with E-state index in [1.807, 2.05) is 11.3 Å². The Kier molecular flexibility index (Phi) is 3.05. The minimum Gasteiger partial charge on any atom is -0.310 e. The van der Waals surface area contributed by atoms with Crippen molar-refractivity contribution in [1.29, 1.82) is 0 Å². The summed E-state index contributed by atoms with van der Waals surface area (Å²) in [6.07, 6.45) is 8.96. The molecule has 4 aliphatic carbocycles. The highest BCUT2D eigenvalue weighted by molar-refractivity contribution is 7.07. The molecule has 4 fully saturated rings. The third-order valence-corrected chi connectivity index (χ3v) is 7.00. The summed E-state index contributed by atoms with van der Waals surface area (Å²) in [5.74, 6) is 2.03. The summed E-state index contributed by atoms with van der Waals surface area (Å²) >= 11 is 1.86. The predicted octanol–water partition coefficient (Wildman–Crippen LogP) is 5.01. The van der Waals surface area contributed by atoms with Crippen LogP contribution in [0.5, 0.6) is 0 Å². The van der Waals surface area contributed by atoms with Gasteiger partial charge in [-0.05, 0) is 90.1 Å². The molecule has 0 aliphatic heterocycles. The molecule has 1 N–H and O–H groups in total. The van der Waals surface area contributed by atoms with Crippen molar-refractivity contribution in [2.24, 2.45) is 22.7 Å². The van der Waals surface area contributed by atoms with E-state index in [9.17, 15) is 0 Å². The first-order valence-corrected chi connectivity index (χ1v) is 9.32. The van der Waals surface area contributed by atoms with Gasteiger partial charge in [0.25, 0.3) is 0 Å². The van der Waals surface area contributed by atoms with E-state index in [2.05, 4.69) is 36.0 Å². The van der Waals surface area contributed by atoms with E-state index in [4.69, 9.17) is 0 Å². The van der Waals surface area contributed by atoms with E-state index in [-0.39, 0.29) is 0 Å². The van der Waals surface area contributed by atoms with Gasteiger partial charge in [0.2, 0.25) is 0 Å². The third kappa shape index (κ3) is 1.99. The summed E-state index contributed by atoms with van der Waals surface area (Å²) < 4.78 is 0. The average molecular weight is 289 g/mol. The minimum atomic E-state index is 0.552. The molecule has 0 spiro atoms. The zero-order valence-electron chi connectivity index (χ0n) is 12.8. The van der Waals surface area contributed by atoms with Crippen LogP contribution in [0, 0.1) is 22.7 Å². The maximum absolute atomic E-state index is 3.87. The monoisotopic (exact) mass is 289 g/mol. The van der Waals surface area contributed by atoms with Crippen LogP contribution >= 0.6 is 11.3 Å². The molecule has 1 heterocycles. The lowest BCUT2D eigenvalue weighted by Crippen LogP contribution is -2.55. The van der Waals surface area contributed by atoms with Crippen LogP contribution in [0.1, 0.15) is 64.0 Å². The Morgan fingerprint density at radius 2 is 2.05 bits per heavy atom. The molecule has 2 heteroatoms. The molecule has 1 aromatic heterocycles. The highest BCUT2D eigenvalue weighted by Gasteiger charge is 2.58.